The topological polar surface area (TPSA) is 17.2 Å². The van der Waals surface area contributed by atoms with Crippen molar-refractivity contribution in [2.24, 2.45) is 5.92 Å². The van der Waals surface area contributed by atoms with Crippen LogP contribution in [0.1, 0.15) is 70.4 Å². The first-order valence-corrected chi connectivity index (χ1v) is 20.0. The highest BCUT2D eigenvalue weighted by atomic mass is 35.5. The minimum atomic E-state index is 0.490. The first-order valence-electron chi connectivity index (χ1n) is 19.2. The molecule has 6 aromatic rings. The van der Waals surface area contributed by atoms with E-state index in [1.54, 1.807) is 7.11 Å². The van der Waals surface area contributed by atoms with E-state index in [9.17, 15) is 0 Å². The number of methoxy groups -OCH3 is 1. The van der Waals surface area contributed by atoms with Gasteiger partial charge in [-0.1, -0.05) is 111 Å². The Kier molecular flexibility index (Phi) is 10.1. The average molecular weight is 739 g/mol. The minimum absolute atomic E-state index is 0.490. The number of hydrogen-bond donors (Lipinski definition) is 0. The van der Waals surface area contributed by atoms with Gasteiger partial charge >= 0.3 is 0 Å². The lowest BCUT2D eigenvalue weighted by Crippen LogP contribution is -2.16. The van der Waals surface area contributed by atoms with Crippen LogP contribution in [0.15, 0.2) is 114 Å². The number of rotatable bonds is 11. The molecule has 1 atom stereocenters. The number of halogens is 2. The molecule has 53 heavy (non-hydrogen) atoms. The molecule has 0 radical (unpaired) electrons. The Bertz CT molecular complexity index is 2550. The second-order valence-corrected chi connectivity index (χ2v) is 15.5. The first-order chi connectivity index (χ1) is 25.9. The van der Waals surface area contributed by atoms with E-state index < -0.39 is 0 Å². The fraction of sp³-hybridized carbons (Fsp3) is 0.271. The van der Waals surface area contributed by atoms with Gasteiger partial charge in [-0.05, 0) is 89.9 Å². The number of unbranched alkanes of at least 4 members (excludes halogenated alkanes) is 2. The van der Waals surface area contributed by atoms with E-state index in [4.69, 9.17) is 27.9 Å². The van der Waals surface area contributed by atoms with Gasteiger partial charge < -0.3 is 9.30 Å². The van der Waals surface area contributed by atoms with Gasteiger partial charge in [0.1, 0.15) is 12.3 Å². The highest BCUT2D eigenvalue weighted by molar-refractivity contribution is 6.38. The maximum Gasteiger partial charge on any atom is 0.214 e. The minimum Gasteiger partial charge on any atom is -0.497 e. The molecule has 0 amide bonds. The van der Waals surface area contributed by atoms with Crippen LogP contribution in [0.3, 0.4) is 0 Å². The third-order valence-electron chi connectivity index (χ3n) is 11.2. The van der Waals surface area contributed by atoms with Crippen molar-refractivity contribution in [2.45, 2.75) is 65.8 Å². The maximum atomic E-state index is 6.75. The van der Waals surface area contributed by atoms with Crippen LogP contribution in [0.2, 0.25) is 10.0 Å². The zero-order valence-electron chi connectivity index (χ0n) is 31.2. The summed E-state index contributed by atoms with van der Waals surface area (Å²) in [5, 5.41) is 8.86. The molecule has 1 aromatic heterocycles. The Balaban J connectivity index is 1.32. The first kappa shape index (κ1) is 35.5. The molecular weight excluding hydrogens is 691 g/mol. The number of ether oxygens (including phenoxy) is 1. The fourth-order valence-electron chi connectivity index (χ4n) is 8.63. The van der Waals surface area contributed by atoms with Gasteiger partial charge in [0.25, 0.3) is 0 Å². The lowest BCUT2D eigenvalue weighted by molar-refractivity contribution is -0.436. The molecule has 8 rings (SSSR count). The van der Waals surface area contributed by atoms with Crippen molar-refractivity contribution in [3.8, 4) is 5.75 Å². The van der Waals surface area contributed by atoms with Gasteiger partial charge in [0.15, 0.2) is 0 Å². The molecule has 0 saturated carbocycles. The van der Waals surface area contributed by atoms with Gasteiger partial charge in [0, 0.05) is 67.6 Å². The molecule has 268 valence electrons. The molecule has 0 saturated heterocycles. The number of aromatic nitrogens is 1. The number of benzene rings is 5. The third-order valence-corrected chi connectivity index (χ3v) is 11.8. The van der Waals surface area contributed by atoms with Gasteiger partial charge in [-0.15, -0.1) is 0 Å². The summed E-state index contributed by atoms with van der Waals surface area (Å²) in [4.78, 5) is 0. The molecule has 2 aliphatic rings. The molecule has 0 spiro atoms. The van der Waals surface area contributed by atoms with Crippen molar-refractivity contribution in [1.29, 1.82) is 0 Å². The smallest absolute Gasteiger partial charge is 0.214 e. The van der Waals surface area contributed by atoms with Crippen molar-refractivity contribution in [1.82, 2.24) is 4.57 Å². The highest BCUT2D eigenvalue weighted by Crippen LogP contribution is 2.42. The monoisotopic (exact) mass is 737 g/mol. The van der Waals surface area contributed by atoms with Crippen LogP contribution in [-0.2, 0) is 6.54 Å². The van der Waals surface area contributed by atoms with Gasteiger partial charge in [-0.2, -0.15) is 4.58 Å². The van der Waals surface area contributed by atoms with Crippen molar-refractivity contribution < 1.29 is 9.31 Å². The Hall–Kier alpha value is -4.57. The van der Waals surface area contributed by atoms with Crippen molar-refractivity contribution >= 4 is 78.7 Å². The standard InChI is InChI=1S/C48H47Cl2N2O/c1-5-7-27-51-42(38-13-9-11-36-40(49)21-25-44(51)47(36)38)23-17-33-29-31(3)30-34(46(33)32-15-19-35(53-4)20-16-32)18-24-43-39-14-10-12-37-41(50)22-26-45(48(37)39)52(43)28-8-6-2/h9-26,31H,5-8,27-30H2,1-4H3/q+1. The summed E-state index contributed by atoms with van der Waals surface area (Å²) >= 11 is 13.5. The van der Waals surface area contributed by atoms with Crippen molar-refractivity contribution in [2.75, 3.05) is 13.7 Å². The molecule has 3 nitrogen and oxygen atoms in total. The molecule has 1 unspecified atom stereocenters. The van der Waals surface area contributed by atoms with E-state index in [1.165, 1.54) is 66.3 Å². The zero-order chi connectivity index (χ0) is 36.6. The van der Waals surface area contributed by atoms with Crippen molar-refractivity contribution in [3.63, 3.8) is 0 Å². The van der Waals surface area contributed by atoms with E-state index >= 15 is 0 Å². The Morgan fingerprint density at radius 1 is 0.774 bits per heavy atom. The third kappa shape index (κ3) is 6.43. The second kappa shape index (κ2) is 15.0. The molecule has 5 heteroatoms. The summed E-state index contributed by atoms with van der Waals surface area (Å²) in [7, 11) is 1.73. The normalized spacial score (nSPS) is 17.3. The number of nitrogens with zero attached hydrogens (tertiary/aromatic N) is 2. The predicted molar refractivity (Wildman–Crippen MR) is 227 cm³/mol. The number of allylic oxidation sites excluding steroid dienone is 6. The summed E-state index contributed by atoms with van der Waals surface area (Å²) < 4.78 is 10.6. The van der Waals surface area contributed by atoms with Crippen LogP contribution < -0.4 is 10.1 Å². The highest BCUT2D eigenvalue weighted by Gasteiger charge is 2.31. The molecule has 2 heterocycles. The molecule has 0 bridgehead atoms. The van der Waals surface area contributed by atoms with Gasteiger partial charge in [0.2, 0.25) is 11.4 Å². The largest absolute Gasteiger partial charge is 0.497 e. The average Bonchev–Trinajstić information content (AvgIpc) is 3.66. The summed E-state index contributed by atoms with van der Waals surface area (Å²) in [5.41, 5.74) is 10.2. The lowest BCUT2D eigenvalue weighted by Gasteiger charge is -2.27. The van der Waals surface area contributed by atoms with Crippen LogP contribution in [0.25, 0.3) is 44.1 Å². The Morgan fingerprint density at radius 2 is 1.49 bits per heavy atom. The molecule has 1 aliphatic heterocycles. The maximum absolute atomic E-state index is 6.75. The summed E-state index contributed by atoms with van der Waals surface area (Å²) in [6, 6.07) is 30.2. The Morgan fingerprint density at radius 3 is 2.25 bits per heavy atom. The van der Waals surface area contributed by atoms with Crippen LogP contribution in [0.5, 0.6) is 5.75 Å². The van der Waals surface area contributed by atoms with Crippen LogP contribution in [-0.4, -0.2) is 28.5 Å². The number of aryl methyl sites for hydroxylation is 1. The summed E-state index contributed by atoms with van der Waals surface area (Å²) in [5.74, 6) is 1.35. The molecule has 0 N–H and O–H groups in total. The van der Waals surface area contributed by atoms with Crippen LogP contribution >= 0.6 is 23.2 Å². The predicted octanol–water partition coefficient (Wildman–Crippen LogP) is 12.9. The van der Waals surface area contributed by atoms with Crippen LogP contribution in [0.4, 0.5) is 5.69 Å². The SMILES string of the molecule is CCCCn1/c(=C/C=C2\CC(C)CC(/C=C/C3=[N+](CCCC)c4ccc(Cl)c5cccc3c45)=C2c2ccc(OC)cc2)c2cccc3c(Cl)ccc1c32. The molecule has 5 aromatic carbocycles. The quantitative estimate of drug-likeness (QED) is 0.121. The van der Waals surface area contributed by atoms with Crippen LogP contribution in [0, 0.1) is 5.92 Å². The summed E-state index contributed by atoms with van der Waals surface area (Å²) in [6.45, 7) is 8.84. The van der Waals surface area contributed by atoms with E-state index in [0.717, 1.165) is 78.2 Å². The van der Waals surface area contributed by atoms with Gasteiger partial charge in [0.05, 0.1) is 18.1 Å². The van der Waals surface area contributed by atoms with Gasteiger partial charge in [-0.3, -0.25) is 0 Å². The molecular formula is C48H47Cl2N2O+. The van der Waals surface area contributed by atoms with E-state index in [-0.39, 0.29) is 0 Å². The fourth-order valence-corrected chi connectivity index (χ4v) is 9.07. The number of hydrogen-bond acceptors (Lipinski definition) is 1. The van der Waals surface area contributed by atoms with E-state index in [2.05, 4.69) is 139 Å². The Labute approximate surface area is 323 Å². The van der Waals surface area contributed by atoms with Crippen molar-refractivity contribution in [3.05, 3.63) is 141 Å². The zero-order valence-corrected chi connectivity index (χ0v) is 32.7. The van der Waals surface area contributed by atoms with E-state index in [1.807, 2.05) is 0 Å². The molecule has 1 aliphatic carbocycles. The van der Waals surface area contributed by atoms with E-state index in [0.29, 0.717) is 5.92 Å². The summed E-state index contributed by atoms with van der Waals surface area (Å²) in [6.07, 6.45) is 16.1. The lowest BCUT2D eigenvalue weighted by atomic mass is 9.78. The van der Waals surface area contributed by atoms with Gasteiger partial charge in [-0.25, -0.2) is 0 Å². The molecule has 0 fully saturated rings. The second-order valence-electron chi connectivity index (χ2n) is 14.7.